The molecule has 1 aromatic heterocycles. The van der Waals surface area contributed by atoms with Gasteiger partial charge in [0.15, 0.2) is 16.9 Å². The van der Waals surface area contributed by atoms with Gasteiger partial charge in [0.2, 0.25) is 5.78 Å². The Morgan fingerprint density at radius 2 is 1.67 bits per heavy atom. The number of phenols is 3. The van der Waals surface area contributed by atoms with Gasteiger partial charge in [-0.15, -0.1) is 0 Å². The van der Waals surface area contributed by atoms with E-state index in [1.165, 1.54) is 12.3 Å². The Hall–Kier alpha value is -2.76. The number of carbonyl (C=O) groups is 1. The fourth-order valence-electron chi connectivity index (χ4n) is 1.47. The van der Waals surface area contributed by atoms with E-state index in [9.17, 15) is 19.8 Å². The van der Waals surface area contributed by atoms with Crippen LogP contribution in [0, 0.1) is 0 Å². The Labute approximate surface area is 101 Å². The van der Waals surface area contributed by atoms with Crippen LogP contribution in [0.5, 0.6) is 17.2 Å². The summed E-state index contributed by atoms with van der Waals surface area (Å²) in [6, 6.07) is 4.10. The first kappa shape index (κ1) is 11.7. The molecule has 0 radical (unpaired) electrons. The highest BCUT2D eigenvalue weighted by atomic mass is 16.3. The van der Waals surface area contributed by atoms with Gasteiger partial charge in [0.05, 0.1) is 11.3 Å². The Morgan fingerprint density at radius 3 is 2.33 bits per heavy atom. The van der Waals surface area contributed by atoms with Crippen molar-refractivity contribution in [3.05, 3.63) is 51.9 Å². The van der Waals surface area contributed by atoms with Crippen molar-refractivity contribution in [1.82, 2.24) is 4.98 Å². The van der Waals surface area contributed by atoms with Crippen molar-refractivity contribution >= 4 is 5.78 Å². The molecule has 0 aliphatic rings. The smallest absolute Gasteiger partial charge is 0.213 e. The molecule has 2 rings (SSSR count). The Morgan fingerprint density at radius 1 is 1.00 bits per heavy atom. The summed E-state index contributed by atoms with van der Waals surface area (Å²) < 4.78 is 0. The third-order valence-electron chi connectivity index (χ3n) is 2.36. The first-order valence-corrected chi connectivity index (χ1v) is 4.97. The predicted octanol–water partition coefficient (Wildman–Crippen LogP) is 0.723. The second-order valence-corrected chi connectivity index (χ2v) is 3.63. The molecule has 1 heterocycles. The third-order valence-corrected chi connectivity index (χ3v) is 2.36. The van der Waals surface area contributed by atoms with Gasteiger partial charge in [-0.05, 0) is 6.07 Å². The molecule has 0 spiro atoms. The molecule has 0 fully saturated rings. The number of rotatable bonds is 2. The van der Waals surface area contributed by atoms with Gasteiger partial charge in [-0.1, -0.05) is 0 Å². The van der Waals surface area contributed by atoms with E-state index >= 15 is 0 Å². The van der Waals surface area contributed by atoms with E-state index in [4.69, 9.17) is 5.11 Å². The largest absolute Gasteiger partial charge is 0.507 e. The lowest BCUT2D eigenvalue weighted by Crippen LogP contribution is -2.09. The maximum Gasteiger partial charge on any atom is 0.213 e. The summed E-state index contributed by atoms with van der Waals surface area (Å²) in [7, 11) is 0. The number of H-pyrrole nitrogens is 1. The summed E-state index contributed by atoms with van der Waals surface area (Å²) in [5.74, 6) is -2.22. The zero-order valence-electron chi connectivity index (χ0n) is 9.04. The molecule has 2 aromatic rings. The molecule has 0 aliphatic carbocycles. The van der Waals surface area contributed by atoms with Crippen LogP contribution in [-0.2, 0) is 0 Å². The highest BCUT2D eigenvalue weighted by Gasteiger charge is 2.17. The van der Waals surface area contributed by atoms with Crippen LogP contribution in [0.1, 0.15) is 16.1 Å². The van der Waals surface area contributed by atoms with E-state index in [0.717, 1.165) is 18.2 Å². The molecule has 18 heavy (non-hydrogen) atoms. The van der Waals surface area contributed by atoms with Crippen LogP contribution < -0.4 is 5.43 Å². The monoisotopic (exact) mass is 247 g/mol. The quantitative estimate of drug-likeness (QED) is 0.355. The topological polar surface area (TPSA) is 111 Å². The fourth-order valence-corrected chi connectivity index (χ4v) is 1.47. The lowest BCUT2D eigenvalue weighted by molar-refractivity contribution is 0.103. The van der Waals surface area contributed by atoms with E-state index in [1.54, 1.807) is 0 Å². The number of ketones is 1. The van der Waals surface area contributed by atoms with Crippen molar-refractivity contribution < 1.29 is 20.1 Å². The molecule has 0 saturated heterocycles. The first-order valence-electron chi connectivity index (χ1n) is 4.97. The highest BCUT2D eigenvalue weighted by Crippen LogP contribution is 2.32. The molecule has 0 saturated carbocycles. The molecule has 0 unspecified atom stereocenters. The van der Waals surface area contributed by atoms with Crippen LogP contribution in [0.4, 0.5) is 0 Å². The van der Waals surface area contributed by atoms with Crippen molar-refractivity contribution in [2.24, 2.45) is 0 Å². The minimum Gasteiger partial charge on any atom is -0.507 e. The maximum atomic E-state index is 12.0. The zero-order chi connectivity index (χ0) is 13.3. The maximum absolute atomic E-state index is 12.0. The minimum absolute atomic E-state index is 0.0251. The number of pyridine rings is 1. The zero-order valence-corrected chi connectivity index (χ0v) is 9.04. The number of aromatic hydroxyl groups is 3. The molecule has 0 amide bonds. The Bertz CT molecular complexity index is 674. The predicted molar refractivity (Wildman–Crippen MR) is 61.9 cm³/mol. The normalized spacial score (nSPS) is 10.2. The van der Waals surface area contributed by atoms with Crippen LogP contribution >= 0.6 is 0 Å². The van der Waals surface area contributed by atoms with Crippen molar-refractivity contribution in [3.8, 4) is 17.2 Å². The van der Waals surface area contributed by atoms with Crippen LogP contribution in [0.25, 0.3) is 0 Å². The lowest BCUT2D eigenvalue weighted by atomic mass is 10.1. The molecule has 0 aliphatic heterocycles. The van der Waals surface area contributed by atoms with Gasteiger partial charge >= 0.3 is 0 Å². The second kappa shape index (κ2) is 4.25. The summed E-state index contributed by atoms with van der Waals surface area (Å²) in [6.07, 6.45) is 1.30. The van der Waals surface area contributed by atoms with Gasteiger partial charge in [0.25, 0.3) is 0 Å². The fraction of sp³-hybridized carbons (Fsp3) is 0. The minimum atomic E-state index is -0.666. The van der Waals surface area contributed by atoms with Crippen LogP contribution in [0.2, 0.25) is 0 Å². The van der Waals surface area contributed by atoms with Gasteiger partial charge in [-0.25, -0.2) is 0 Å². The van der Waals surface area contributed by atoms with Gasteiger partial charge < -0.3 is 20.3 Å². The van der Waals surface area contributed by atoms with E-state index in [0.29, 0.717) is 0 Å². The van der Waals surface area contributed by atoms with Gasteiger partial charge in [-0.2, -0.15) is 0 Å². The second-order valence-electron chi connectivity index (χ2n) is 3.63. The molecule has 6 nitrogen and oxygen atoms in total. The summed E-state index contributed by atoms with van der Waals surface area (Å²) in [5, 5.41) is 28.0. The number of hydrogen-bond donors (Lipinski definition) is 4. The van der Waals surface area contributed by atoms with Crippen molar-refractivity contribution in [1.29, 1.82) is 0 Å². The average Bonchev–Trinajstić information content (AvgIpc) is 2.33. The SMILES string of the molecule is O=C(c1cc(=O)cc[nH]1)c1cc(O)c(O)cc1O. The summed E-state index contributed by atoms with van der Waals surface area (Å²) in [5.41, 5.74) is -0.602. The summed E-state index contributed by atoms with van der Waals surface area (Å²) in [6.45, 7) is 0. The molecule has 0 atom stereocenters. The van der Waals surface area contributed by atoms with Gasteiger partial charge in [-0.3, -0.25) is 9.59 Å². The molecule has 0 bridgehead atoms. The summed E-state index contributed by atoms with van der Waals surface area (Å²) >= 11 is 0. The number of aromatic nitrogens is 1. The van der Waals surface area contributed by atoms with Crippen LogP contribution in [0.15, 0.2) is 35.3 Å². The van der Waals surface area contributed by atoms with Gasteiger partial charge in [0, 0.05) is 24.4 Å². The van der Waals surface area contributed by atoms with Crippen molar-refractivity contribution in [2.45, 2.75) is 0 Å². The van der Waals surface area contributed by atoms with E-state index in [2.05, 4.69) is 4.98 Å². The van der Waals surface area contributed by atoms with Crippen molar-refractivity contribution in [3.63, 3.8) is 0 Å². The Kier molecular flexibility index (Phi) is 2.77. The van der Waals surface area contributed by atoms with Crippen molar-refractivity contribution in [2.75, 3.05) is 0 Å². The number of carbonyl (C=O) groups excluding carboxylic acids is 1. The number of nitrogens with one attached hydrogen (secondary N) is 1. The first-order chi connectivity index (χ1) is 8.49. The molecular formula is C12H9NO5. The molecule has 1 aromatic carbocycles. The lowest BCUT2D eigenvalue weighted by Gasteiger charge is -2.05. The number of hydrogen-bond acceptors (Lipinski definition) is 5. The van der Waals surface area contributed by atoms with Crippen LogP contribution in [0.3, 0.4) is 0 Å². The standard InChI is InChI=1S/C12H9NO5/c14-6-1-2-13-8(3-6)12(18)7-4-10(16)11(17)5-9(7)15/h1-5,15-17H,(H,13,14). The van der Waals surface area contributed by atoms with E-state index < -0.39 is 23.0 Å². The van der Waals surface area contributed by atoms with Crippen LogP contribution in [-0.4, -0.2) is 26.1 Å². The average molecular weight is 247 g/mol. The molecule has 92 valence electrons. The number of aromatic amines is 1. The molecular weight excluding hydrogens is 238 g/mol. The van der Waals surface area contributed by atoms with E-state index in [1.807, 2.05) is 0 Å². The highest BCUT2D eigenvalue weighted by molar-refractivity contribution is 6.09. The Balaban J connectivity index is 2.53. The van der Waals surface area contributed by atoms with E-state index in [-0.39, 0.29) is 16.7 Å². The number of phenolic OH excluding ortho intramolecular Hbond substituents is 3. The molecule has 6 heteroatoms. The summed E-state index contributed by atoms with van der Waals surface area (Å²) in [4.78, 5) is 25.6. The number of benzene rings is 1. The van der Waals surface area contributed by atoms with Gasteiger partial charge in [0.1, 0.15) is 5.75 Å². The third kappa shape index (κ3) is 2.03. The molecule has 4 N–H and O–H groups in total.